The average Bonchev–Trinajstić information content (AvgIpc) is 2.39. The molecule has 3 heteroatoms. The quantitative estimate of drug-likeness (QED) is 0.890. The molecular weight excluding hydrogens is 234 g/mol. The van der Waals surface area contributed by atoms with E-state index in [0.717, 1.165) is 17.2 Å². The first-order chi connectivity index (χ1) is 8.91. The maximum Gasteiger partial charge on any atom is 0.133 e. The summed E-state index contributed by atoms with van der Waals surface area (Å²) in [6.45, 7) is 8.37. The molecule has 0 aliphatic heterocycles. The highest BCUT2D eigenvalue weighted by Crippen LogP contribution is 2.29. The molecule has 100 valence electrons. The molecule has 0 bridgehead atoms. The van der Waals surface area contributed by atoms with Crippen LogP contribution >= 0.6 is 0 Å². The maximum absolute atomic E-state index is 5.82. The number of rotatable bonds is 2. The molecule has 2 rings (SSSR count). The number of nitrogen functional groups attached to an aromatic ring is 1. The summed E-state index contributed by atoms with van der Waals surface area (Å²) < 4.78 is 0. The Balaban J connectivity index is 2.47. The van der Waals surface area contributed by atoms with Gasteiger partial charge in [-0.3, -0.25) is 0 Å². The van der Waals surface area contributed by atoms with Gasteiger partial charge in [-0.2, -0.15) is 0 Å². The number of nitrogens with two attached hydrogens (primary N) is 1. The molecule has 0 aliphatic rings. The molecule has 0 amide bonds. The monoisotopic (exact) mass is 255 g/mol. The van der Waals surface area contributed by atoms with Crippen LogP contribution in [0.1, 0.15) is 22.4 Å². The number of hydrogen-bond acceptors (Lipinski definition) is 3. The summed E-state index contributed by atoms with van der Waals surface area (Å²) in [5.41, 5.74) is 12.5. The largest absolute Gasteiger partial charge is 0.397 e. The summed E-state index contributed by atoms with van der Waals surface area (Å²) in [4.78, 5) is 6.65. The van der Waals surface area contributed by atoms with Crippen LogP contribution in [0.4, 0.5) is 17.2 Å². The fraction of sp³-hybridized carbons (Fsp3) is 0.312. The van der Waals surface area contributed by atoms with Crippen LogP contribution in [0, 0.1) is 27.7 Å². The fourth-order valence-corrected chi connectivity index (χ4v) is 2.17. The van der Waals surface area contributed by atoms with Gasteiger partial charge in [-0.1, -0.05) is 6.07 Å². The molecule has 19 heavy (non-hydrogen) atoms. The number of anilines is 3. The van der Waals surface area contributed by atoms with E-state index in [1.54, 1.807) is 0 Å². The van der Waals surface area contributed by atoms with Crippen molar-refractivity contribution in [3.05, 3.63) is 46.6 Å². The van der Waals surface area contributed by atoms with Crippen molar-refractivity contribution in [1.82, 2.24) is 4.98 Å². The van der Waals surface area contributed by atoms with Gasteiger partial charge >= 0.3 is 0 Å². The van der Waals surface area contributed by atoms with Crippen molar-refractivity contribution in [2.24, 2.45) is 0 Å². The second-order valence-electron chi connectivity index (χ2n) is 5.05. The Labute approximate surface area is 115 Å². The highest BCUT2D eigenvalue weighted by atomic mass is 15.2. The third-order valence-electron chi connectivity index (χ3n) is 3.85. The number of aryl methyl sites for hydroxylation is 2. The molecule has 3 nitrogen and oxygen atoms in total. The van der Waals surface area contributed by atoms with Crippen molar-refractivity contribution in [1.29, 1.82) is 0 Å². The molecule has 0 saturated heterocycles. The molecule has 1 aromatic heterocycles. The molecule has 0 atom stereocenters. The van der Waals surface area contributed by atoms with E-state index in [0.29, 0.717) is 0 Å². The van der Waals surface area contributed by atoms with Crippen LogP contribution in [-0.4, -0.2) is 12.0 Å². The van der Waals surface area contributed by atoms with Gasteiger partial charge in [0, 0.05) is 12.7 Å². The Bertz CT molecular complexity index is 618. The van der Waals surface area contributed by atoms with Gasteiger partial charge < -0.3 is 10.6 Å². The van der Waals surface area contributed by atoms with Gasteiger partial charge in [0.1, 0.15) is 5.82 Å². The lowest BCUT2D eigenvalue weighted by Gasteiger charge is -2.23. The molecule has 2 N–H and O–H groups in total. The number of nitrogens with zero attached hydrogens (tertiary/aromatic N) is 2. The zero-order valence-corrected chi connectivity index (χ0v) is 12.3. The van der Waals surface area contributed by atoms with Crippen molar-refractivity contribution >= 4 is 17.2 Å². The van der Waals surface area contributed by atoms with E-state index >= 15 is 0 Å². The minimum atomic E-state index is 0.731. The van der Waals surface area contributed by atoms with E-state index in [1.807, 2.05) is 26.1 Å². The predicted octanol–water partition coefficient (Wildman–Crippen LogP) is 3.67. The second kappa shape index (κ2) is 4.92. The van der Waals surface area contributed by atoms with Gasteiger partial charge in [0.25, 0.3) is 0 Å². The van der Waals surface area contributed by atoms with Crippen molar-refractivity contribution in [2.75, 3.05) is 17.7 Å². The van der Waals surface area contributed by atoms with Crippen LogP contribution in [0.25, 0.3) is 0 Å². The fourth-order valence-electron chi connectivity index (χ4n) is 2.17. The molecule has 0 radical (unpaired) electrons. The SMILES string of the molecule is Cc1ccc(N(C)c2ccc(N)c(C)n2)c(C)c1C. The van der Waals surface area contributed by atoms with Crippen LogP contribution in [0.15, 0.2) is 24.3 Å². The summed E-state index contributed by atoms with van der Waals surface area (Å²) in [6, 6.07) is 8.16. The molecule has 2 aromatic rings. The van der Waals surface area contributed by atoms with Crippen LogP contribution in [0.5, 0.6) is 0 Å². The van der Waals surface area contributed by atoms with Crippen molar-refractivity contribution in [2.45, 2.75) is 27.7 Å². The van der Waals surface area contributed by atoms with Gasteiger partial charge in [-0.15, -0.1) is 0 Å². The first-order valence-electron chi connectivity index (χ1n) is 6.45. The molecule has 1 heterocycles. The minimum Gasteiger partial charge on any atom is -0.397 e. The summed E-state index contributed by atoms with van der Waals surface area (Å²) in [6.07, 6.45) is 0. The Hall–Kier alpha value is -2.03. The summed E-state index contributed by atoms with van der Waals surface area (Å²) in [5, 5.41) is 0. The smallest absolute Gasteiger partial charge is 0.133 e. The van der Waals surface area contributed by atoms with Crippen LogP contribution in [-0.2, 0) is 0 Å². The molecular formula is C16H21N3. The molecule has 0 fully saturated rings. The van der Waals surface area contributed by atoms with Gasteiger partial charge in [0.2, 0.25) is 0 Å². The number of benzene rings is 1. The number of hydrogen-bond donors (Lipinski definition) is 1. The van der Waals surface area contributed by atoms with E-state index in [-0.39, 0.29) is 0 Å². The first-order valence-corrected chi connectivity index (χ1v) is 6.45. The van der Waals surface area contributed by atoms with Gasteiger partial charge in [-0.25, -0.2) is 4.98 Å². The Kier molecular flexibility index (Phi) is 3.47. The number of pyridine rings is 1. The lowest BCUT2D eigenvalue weighted by Crippen LogP contribution is -2.14. The Morgan fingerprint density at radius 2 is 1.63 bits per heavy atom. The normalized spacial score (nSPS) is 10.6. The molecule has 0 spiro atoms. The predicted molar refractivity (Wildman–Crippen MR) is 82.1 cm³/mol. The van der Waals surface area contributed by atoms with Crippen LogP contribution in [0.2, 0.25) is 0 Å². The lowest BCUT2D eigenvalue weighted by atomic mass is 10.0. The zero-order chi connectivity index (χ0) is 14.2. The summed E-state index contributed by atoms with van der Waals surface area (Å²) in [5.74, 6) is 0.915. The van der Waals surface area contributed by atoms with Crippen LogP contribution < -0.4 is 10.6 Å². The van der Waals surface area contributed by atoms with Gasteiger partial charge in [0.15, 0.2) is 0 Å². The van der Waals surface area contributed by atoms with Crippen LogP contribution in [0.3, 0.4) is 0 Å². The standard InChI is InChI=1S/C16H21N3/c1-10-6-8-15(12(3)11(10)2)19(5)16-9-7-14(17)13(4)18-16/h6-9H,17H2,1-5H3. The van der Waals surface area contributed by atoms with E-state index < -0.39 is 0 Å². The van der Waals surface area contributed by atoms with Crippen molar-refractivity contribution < 1.29 is 0 Å². The zero-order valence-electron chi connectivity index (χ0n) is 12.3. The van der Waals surface area contributed by atoms with Gasteiger partial charge in [-0.05, 0) is 62.6 Å². The van der Waals surface area contributed by atoms with E-state index in [9.17, 15) is 0 Å². The molecule has 1 aromatic carbocycles. The van der Waals surface area contributed by atoms with Crippen molar-refractivity contribution in [3.8, 4) is 0 Å². The average molecular weight is 255 g/mol. The highest BCUT2D eigenvalue weighted by molar-refractivity contribution is 5.66. The number of aromatic nitrogens is 1. The van der Waals surface area contributed by atoms with E-state index in [2.05, 4.69) is 42.8 Å². The molecule has 0 unspecified atom stereocenters. The third kappa shape index (κ3) is 2.41. The highest BCUT2D eigenvalue weighted by Gasteiger charge is 2.11. The summed E-state index contributed by atoms with van der Waals surface area (Å²) in [7, 11) is 2.04. The van der Waals surface area contributed by atoms with Gasteiger partial charge in [0.05, 0.1) is 11.4 Å². The Morgan fingerprint density at radius 3 is 2.26 bits per heavy atom. The molecule has 0 saturated carbocycles. The van der Waals surface area contributed by atoms with E-state index in [4.69, 9.17) is 5.73 Å². The molecule has 0 aliphatic carbocycles. The first kappa shape index (κ1) is 13.4. The topological polar surface area (TPSA) is 42.1 Å². The minimum absolute atomic E-state index is 0.731. The van der Waals surface area contributed by atoms with E-state index in [1.165, 1.54) is 22.4 Å². The maximum atomic E-state index is 5.82. The summed E-state index contributed by atoms with van der Waals surface area (Å²) >= 11 is 0. The Morgan fingerprint density at radius 1 is 0.947 bits per heavy atom. The van der Waals surface area contributed by atoms with Crippen molar-refractivity contribution in [3.63, 3.8) is 0 Å². The second-order valence-corrected chi connectivity index (χ2v) is 5.05. The lowest BCUT2D eigenvalue weighted by molar-refractivity contribution is 1.08. The third-order valence-corrected chi connectivity index (χ3v) is 3.85.